The molecule has 1 aromatic heterocycles. The van der Waals surface area contributed by atoms with Crippen LogP contribution >= 0.6 is 11.3 Å². The minimum atomic E-state index is -0.102. The summed E-state index contributed by atoms with van der Waals surface area (Å²) < 4.78 is 5.28. The SMILES string of the molecule is CC(C)(C)c1csc(CCNC(=O)NC[C@H]2CCOC2)n1. The Hall–Kier alpha value is -1.14. The molecule has 118 valence electrons. The third-order valence-electron chi connectivity index (χ3n) is 3.52. The van der Waals surface area contributed by atoms with Gasteiger partial charge in [-0.05, 0) is 6.42 Å². The van der Waals surface area contributed by atoms with E-state index in [1.807, 2.05) is 0 Å². The van der Waals surface area contributed by atoms with Gasteiger partial charge in [0.25, 0.3) is 0 Å². The molecule has 0 bridgehead atoms. The summed E-state index contributed by atoms with van der Waals surface area (Å²) in [4.78, 5) is 16.3. The quantitative estimate of drug-likeness (QED) is 0.877. The zero-order valence-corrected chi connectivity index (χ0v) is 13.9. The molecule has 21 heavy (non-hydrogen) atoms. The van der Waals surface area contributed by atoms with Crippen molar-refractivity contribution in [1.29, 1.82) is 0 Å². The predicted octanol–water partition coefficient (Wildman–Crippen LogP) is 2.32. The van der Waals surface area contributed by atoms with Crippen LogP contribution in [0, 0.1) is 5.92 Å². The number of carbonyl (C=O) groups is 1. The first kappa shape index (κ1) is 16.2. The lowest BCUT2D eigenvalue weighted by Crippen LogP contribution is -2.39. The van der Waals surface area contributed by atoms with Crippen molar-refractivity contribution in [1.82, 2.24) is 15.6 Å². The molecule has 0 aliphatic carbocycles. The summed E-state index contributed by atoms with van der Waals surface area (Å²) in [5, 5.41) is 8.95. The fourth-order valence-electron chi connectivity index (χ4n) is 2.10. The molecule has 0 radical (unpaired) electrons. The van der Waals surface area contributed by atoms with Crippen LogP contribution in [0.2, 0.25) is 0 Å². The molecule has 2 N–H and O–H groups in total. The number of ether oxygens (including phenoxy) is 1. The summed E-state index contributed by atoms with van der Waals surface area (Å²) in [6.07, 6.45) is 1.82. The molecule has 6 heteroatoms. The van der Waals surface area contributed by atoms with Crippen molar-refractivity contribution in [3.05, 3.63) is 16.1 Å². The molecular weight excluding hydrogens is 286 g/mol. The van der Waals surface area contributed by atoms with Crippen LogP contribution in [0.4, 0.5) is 4.79 Å². The summed E-state index contributed by atoms with van der Waals surface area (Å²) in [6, 6.07) is -0.102. The van der Waals surface area contributed by atoms with Crippen LogP contribution in [-0.2, 0) is 16.6 Å². The van der Waals surface area contributed by atoms with Gasteiger partial charge in [0.05, 0.1) is 17.3 Å². The molecule has 0 aromatic carbocycles. The molecule has 2 heterocycles. The van der Waals surface area contributed by atoms with E-state index in [0.717, 1.165) is 36.8 Å². The number of rotatable bonds is 5. The number of thiazole rings is 1. The number of aromatic nitrogens is 1. The second-order valence-corrected chi connectivity index (χ2v) is 7.44. The minimum absolute atomic E-state index is 0.0862. The molecule has 2 amide bonds. The molecule has 0 unspecified atom stereocenters. The smallest absolute Gasteiger partial charge is 0.314 e. The Bertz CT molecular complexity index is 462. The maximum absolute atomic E-state index is 11.7. The van der Waals surface area contributed by atoms with Gasteiger partial charge >= 0.3 is 6.03 Å². The monoisotopic (exact) mass is 311 g/mol. The second kappa shape index (κ2) is 7.22. The van der Waals surface area contributed by atoms with E-state index in [4.69, 9.17) is 4.74 Å². The van der Waals surface area contributed by atoms with Crippen LogP contribution in [0.25, 0.3) is 0 Å². The van der Waals surface area contributed by atoms with E-state index in [-0.39, 0.29) is 11.4 Å². The summed E-state index contributed by atoms with van der Waals surface area (Å²) in [5.41, 5.74) is 1.20. The van der Waals surface area contributed by atoms with Gasteiger partial charge in [-0.25, -0.2) is 9.78 Å². The van der Waals surface area contributed by atoms with E-state index in [1.54, 1.807) is 11.3 Å². The molecule has 1 fully saturated rings. The van der Waals surface area contributed by atoms with Crippen LogP contribution in [0.5, 0.6) is 0 Å². The van der Waals surface area contributed by atoms with Crippen LogP contribution in [0.1, 0.15) is 37.9 Å². The van der Waals surface area contributed by atoms with Gasteiger partial charge in [0, 0.05) is 42.8 Å². The average Bonchev–Trinajstić information content (AvgIpc) is 3.07. The largest absolute Gasteiger partial charge is 0.381 e. The zero-order valence-electron chi connectivity index (χ0n) is 13.1. The van der Waals surface area contributed by atoms with Crippen LogP contribution in [0.3, 0.4) is 0 Å². The number of hydrogen-bond donors (Lipinski definition) is 2. The number of amides is 2. The summed E-state index contributed by atoms with van der Waals surface area (Å²) in [6.45, 7) is 9.35. The van der Waals surface area contributed by atoms with Crippen molar-refractivity contribution in [3.63, 3.8) is 0 Å². The lowest BCUT2D eigenvalue weighted by atomic mass is 9.93. The second-order valence-electron chi connectivity index (χ2n) is 6.49. The van der Waals surface area contributed by atoms with Crippen molar-refractivity contribution >= 4 is 17.4 Å². The Kier molecular flexibility index (Phi) is 5.58. The normalized spacial score (nSPS) is 18.7. The van der Waals surface area contributed by atoms with Crippen molar-refractivity contribution in [2.24, 2.45) is 5.92 Å². The van der Waals surface area contributed by atoms with E-state index in [9.17, 15) is 4.79 Å². The number of hydrogen-bond acceptors (Lipinski definition) is 4. The maximum Gasteiger partial charge on any atom is 0.314 e. The predicted molar refractivity (Wildman–Crippen MR) is 84.8 cm³/mol. The van der Waals surface area contributed by atoms with Gasteiger partial charge in [-0.3, -0.25) is 0 Å². The zero-order chi connectivity index (χ0) is 15.3. The summed E-state index contributed by atoms with van der Waals surface area (Å²) in [7, 11) is 0. The van der Waals surface area contributed by atoms with Gasteiger partial charge in [0.2, 0.25) is 0 Å². The number of nitrogens with one attached hydrogen (secondary N) is 2. The molecule has 1 saturated heterocycles. The molecule has 1 aliphatic heterocycles. The molecule has 5 nitrogen and oxygen atoms in total. The third-order valence-corrected chi connectivity index (χ3v) is 4.43. The lowest BCUT2D eigenvalue weighted by Gasteiger charge is -2.14. The van der Waals surface area contributed by atoms with E-state index in [2.05, 4.69) is 41.8 Å². The van der Waals surface area contributed by atoms with Gasteiger partial charge in [0.1, 0.15) is 0 Å². The van der Waals surface area contributed by atoms with Crippen molar-refractivity contribution in [3.8, 4) is 0 Å². The maximum atomic E-state index is 11.7. The van der Waals surface area contributed by atoms with Gasteiger partial charge in [-0.15, -0.1) is 11.3 Å². The highest BCUT2D eigenvalue weighted by Gasteiger charge is 2.18. The summed E-state index contributed by atoms with van der Waals surface area (Å²) in [5.74, 6) is 0.462. The highest BCUT2D eigenvalue weighted by atomic mass is 32.1. The number of nitrogens with zero attached hydrogens (tertiary/aromatic N) is 1. The van der Waals surface area contributed by atoms with Gasteiger partial charge in [-0.2, -0.15) is 0 Å². The molecule has 1 atom stereocenters. The lowest BCUT2D eigenvalue weighted by molar-refractivity contribution is 0.185. The molecule has 0 spiro atoms. The topological polar surface area (TPSA) is 63.2 Å². The van der Waals surface area contributed by atoms with E-state index < -0.39 is 0 Å². The Morgan fingerprint density at radius 1 is 1.48 bits per heavy atom. The Morgan fingerprint density at radius 3 is 2.90 bits per heavy atom. The first-order valence-corrected chi connectivity index (χ1v) is 8.37. The fraction of sp³-hybridized carbons (Fsp3) is 0.733. The van der Waals surface area contributed by atoms with Crippen molar-refractivity contribution in [2.45, 2.75) is 39.0 Å². The Labute approximate surface area is 130 Å². The van der Waals surface area contributed by atoms with Crippen molar-refractivity contribution < 1.29 is 9.53 Å². The number of urea groups is 1. The molecule has 2 rings (SSSR count). The van der Waals surface area contributed by atoms with Crippen molar-refractivity contribution in [2.75, 3.05) is 26.3 Å². The molecule has 1 aromatic rings. The van der Waals surface area contributed by atoms with Crippen LogP contribution < -0.4 is 10.6 Å². The highest BCUT2D eigenvalue weighted by molar-refractivity contribution is 7.09. The first-order chi connectivity index (χ1) is 9.95. The molecular formula is C15H25N3O2S. The standard InChI is InChI=1S/C15H25N3O2S/c1-15(2,3)12-10-21-13(18-12)4-6-16-14(19)17-8-11-5-7-20-9-11/h10-11H,4-9H2,1-3H3,(H2,16,17,19)/t11-/m1/s1. The summed E-state index contributed by atoms with van der Waals surface area (Å²) >= 11 is 1.66. The Balaban J connectivity index is 1.64. The molecule has 1 aliphatic rings. The van der Waals surface area contributed by atoms with E-state index in [1.165, 1.54) is 0 Å². The van der Waals surface area contributed by atoms with Gasteiger partial charge in [-0.1, -0.05) is 20.8 Å². The van der Waals surface area contributed by atoms with E-state index in [0.29, 0.717) is 19.0 Å². The first-order valence-electron chi connectivity index (χ1n) is 7.49. The molecule has 0 saturated carbocycles. The highest BCUT2D eigenvalue weighted by Crippen LogP contribution is 2.23. The van der Waals surface area contributed by atoms with Gasteiger partial charge in [0.15, 0.2) is 0 Å². The minimum Gasteiger partial charge on any atom is -0.381 e. The fourth-order valence-corrected chi connectivity index (χ4v) is 3.12. The van der Waals surface area contributed by atoms with E-state index >= 15 is 0 Å². The van der Waals surface area contributed by atoms with Crippen LogP contribution in [0.15, 0.2) is 5.38 Å². The average molecular weight is 311 g/mol. The third kappa shape index (κ3) is 5.28. The Morgan fingerprint density at radius 2 is 2.29 bits per heavy atom. The number of carbonyl (C=O) groups excluding carboxylic acids is 1. The van der Waals surface area contributed by atoms with Crippen LogP contribution in [-0.4, -0.2) is 37.3 Å². The van der Waals surface area contributed by atoms with Gasteiger partial charge < -0.3 is 15.4 Å².